The van der Waals surface area contributed by atoms with Gasteiger partial charge in [-0.05, 0) is 6.92 Å². The minimum absolute atomic E-state index is 0.0722. The minimum Gasteiger partial charge on any atom is -0.374 e. The highest BCUT2D eigenvalue weighted by Crippen LogP contribution is 1.91. The monoisotopic (exact) mass is 196 g/mol. The molecular weight excluding hydrogens is 182 g/mol. The molecule has 0 aromatic heterocycles. The summed E-state index contributed by atoms with van der Waals surface area (Å²) in [4.78, 5) is 10.8. The number of alkyl halides is 2. The first kappa shape index (κ1) is 12.2. The summed E-state index contributed by atoms with van der Waals surface area (Å²) in [5.74, 6) is -0.319. The van der Waals surface area contributed by atoms with Gasteiger partial charge in [0, 0.05) is 6.54 Å². The summed E-state index contributed by atoms with van der Waals surface area (Å²) in [6.45, 7) is 1.21. The van der Waals surface area contributed by atoms with Gasteiger partial charge in [-0.1, -0.05) is 0 Å². The number of carbonyl (C=O) groups excluding carboxylic acids is 1. The Balaban J connectivity index is 3.21. The van der Waals surface area contributed by atoms with Crippen LogP contribution in [0.4, 0.5) is 8.78 Å². The number of nitrogens with two attached hydrogens (primary N) is 1. The van der Waals surface area contributed by atoms with Gasteiger partial charge in [0.2, 0.25) is 5.91 Å². The van der Waals surface area contributed by atoms with Crippen molar-refractivity contribution in [1.82, 2.24) is 5.32 Å². The molecule has 0 rings (SSSR count). The van der Waals surface area contributed by atoms with E-state index in [1.807, 2.05) is 0 Å². The molecule has 6 heteroatoms. The zero-order chi connectivity index (χ0) is 10.3. The molecule has 4 nitrogen and oxygen atoms in total. The fourth-order valence-corrected chi connectivity index (χ4v) is 0.580. The molecule has 0 saturated heterocycles. The van der Waals surface area contributed by atoms with Crippen LogP contribution >= 0.6 is 0 Å². The van der Waals surface area contributed by atoms with Crippen LogP contribution in [-0.2, 0) is 9.53 Å². The Kier molecular flexibility index (Phi) is 6.34. The van der Waals surface area contributed by atoms with Gasteiger partial charge in [0.25, 0.3) is 6.43 Å². The molecule has 13 heavy (non-hydrogen) atoms. The highest BCUT2D eigenvalue weighted by atomic mass is 19.3. The lowest BCUT2D eigenvalue weighted by Gasteiger charge is -2.07. The van der Waals surface area contributed by atoms with Gasteiger partial charge in [0.05, 0.1) is 12.6 Å². The molecule has 0 aliphatic carbocycles. The van der Waals surface area contributed by atoms with Crippen LogP contribution in [0.3, 0.4) is 0 Å². The lowest BCUT2D eigenvalue weighted by molar-refractivity contribution is -0.122. The second-order valence-corrected chi connectivity index (χ2v) is 2.55. The van der Waals surface area contributed by atoms with Crippen LogP contribution in [0.15, 0.2) is 0 Å². The second-order valence-electron chi connectivity index (χ2n) is 2.55. The van der Waals surface area contributed by atoms with Crippen LogP contribution in [-0.4, -0.2) is 38.1 Å². The minimum atomic E-state index is -2.47. The predicted molar refractivity (Wildman–Crippen MR) is 43.5 cm³/mol. The molecule has 1 amide bonds. The van der Waals surface area contributed by atoms with E-state index in [4.69, 9.17) is 5.73 Å². The van der Waals surface area contributed by atoms with Crippen molar-refractivity contribution in [2.24, 2.45) is 5.73 Å². The molecule has 1 atom stereocenters. The van der Waals surface area contributed by atoms with Crippen molar-refractivity contribution in [2.75, 3.05) is 19.8 Å². The van der Waals surface area contributed by atoms with E-state index in [0.29, 0.717) is 0 Å². The average Bonchev–Trinajstić information content (AvgIpc) is 2.02. The van der Waals surface area contributed by atoms with Crippen molar-refractivity contribution in [3.63, 3.8) is 0 Å². The highest BCUT2D eigenvalue weighted by molar-refractivity contribution is 5.80. The summed E-state index contributed by atoms with van der Waals surface area (Å²) in [5, 5.41) is 2.42. The van der Waals surface area contributed by atoms with Crippen molar-refractivity contribution in [3.05, 3.63) is 0 Å². The van der Waals surface area contributed by atoms with E-state index in [1.165, 1.54) is 6.92 Å². The molecule has 0 bridgehead atoms. The van der Waals surface area contributed by atoms with Crippen LogP contribution in [0.5, 0.6) is 0 Å². The number of hydrogen-bond acceptors (Lipinski definition) is 3. The van der Waals surface area contributed by atoms with Crippen molar-refractivity contribution in [1.29, 1.82) is 0 Å². The van der Waals surface area contributed by atoms with Gasteiger partial charge in [-0.2, -0.15) is 0 Å². The topological polar surface area (TPSA) is 64.4 Å². The van der Waals surface area contributed by atoms with E-state index in [9.17, 15) is 13.6 Å². The van der Waals surface area contributed by atoms with Crippen molar-refractivity contribution in [2.45, 2.75) is 19.4 Å². The summed E-state index contributed by atoms with van der Waals surface area (Å²) in [5.41, 5.74) is 5.23. The van der Waals surface area contributed by atoms with E-state index in [1.54, 1.807) is 0 Å². The van der Waals surface area contributed by atoms with Crippen LogP contribution < -0.4 is 11.1 Å². The molecule has 0 fully saturated rings. The maximum absolute atomic E-state index is 11.5. The number of rotatable bonds is 6. The molecule has 0 aromatic carbocycles. The Bertz CT molecular complexity index is 153. The van der Waals surface area contributed by atoms with Gasteiger partial charge in [-0.25, -0.2) is 8.78 Å². The Hall–Kier alpha value is -0.750. The maximum atomic E-state index is 11.5. The van der Waals surface area contributed by atoms with Gasteiger partial charge in [0.15, 0.2) is 0 Å². The summed E-state index contributed by atoms with van der Waals surface area (Å²) >= 11 is 0. The molecule has 3 N–H and O–H groups in total. The largest absolute Gasteiger partial charge is 0.374 e. The molecule has 0 radical (unpaired) electrons. The van der Waals surface area contributed by atoms with E-state index in [-0.39, 0.29) is 19.1 Å². The van der Waals surface area contributed by atoms with E-state index < -0.39 is 19.1 Å². The lowest BCUT2D eigenvalue weighted by atomic mass is 10.3. The fourth-order valence-electron chi connectivity index (χ4n) is 0.580. The first-order valence-electron chi connectivity index (χ1n) is 3.93. The van der Waals surface area contributed by atoms with Gasteiger partial charge in [-0.3, -0.25) is 4.79 Å². The Labute approximate surface area is 75.4 Å². The van der Waals surface area contributed by atoms with Crippen LogP contribution in [0.25, 0.3) is 0 Å². The van der Waals surface area contributed by atoms with Crippen molar-refractivity contribution in [3.8, 4) is 0 Å². The van der Waals surface area contributed by atoms with Crippen molar-refractivity contribution < 1.29 is 18.3 Å². The summed E-state index contributed by atoms with van der Waals surface area (Å²) in [7, 11) is 0. The molecule has 0 spiro atoms. The zero-order valence-electron chi connectivity index (χ0n) is 7.43. The second kappa shape index (κ2) is 6.73. The van der Waals surface area contributed by atoms with E-state index in [2.05, 4.69) is 10.1 Å². The van der Waals surface area contributed by atoms with Crippen LogP contribution in [0, 0.1) is 0 Å². The molecule has 0 heterocycles. The van der Waals surface area contributed by atoms with E-state index >= 15 is 0 Å². The standard InChI is InChI=1S/C7H14F2N2O2/c1-5(10)7(12)11-2-3-13-4-6(8)9/h5-6H,2-4,10H2,1H3,(H,11,12)/t5-/m1/s1. The van der Waals surface area contributed by atoms with Gasteiger partial charge >= 0.3 is 0 Å². The van der Waals surface area contributed by atoms with Gasteiger partial charge < -0.3 is 15.8 Å². The number of nitrogens with one attached hydrogen (secondary N) is 1. The predicted octanol–water partition coefficient (Wildman–Crippen LogP) is -0.268. The van der Waals surface area contributed by atoms with Gasteiger partial charge in [-0.15, -0.1) is 0 Å². The lowest BCUT2D eigenvalue weighted by Crippen LogP contribution is -2.39. The first-order chi connectivity index (χ1) is 6.04. The molecule has 0 aromatic rings. The molecular formula is C7H14F2N2O2. The number of hydrogen-bond donors (Lipinski definition) is 2. The Morgan fingerprint density at radius 1 is 1.62 bits per heavy atom. The van der Waals surface area contributed by atoms with Crippen LogP contribution in [0.1, 0.15) is 6.92 Å². The number of ether oxygens (including phenoxy) is 1. The average molecular weight is 196 g/mol. The number of halogens is 2. The molecule has 0 aliphatic rings. The Morgan fingerprint density at radius 2 is 2.23 bits per heavy atom. The summed E-state index contributed by atoms with van der Waals surface area (Å²) in [6, 6.07) is -0.588. The molecule has 0 aliphatic heterocycles. The van der Waals surface area contributed by atoms with Crippen LogP contribution in [0.2, 0.25) is 0 Å². The number of carbonyl (C=O) groups is 1. The molecule has 0 saturated carbocycles. The zero-order valence-corrected chi connectivity index (χ0v) is 7.43. The fraction of sp³-hybridized carbons (Fsp3) is 0.857. The van der Waals surface area contributed by atoms with Crippen molar-refractivity contribution >= 4 is 5.91 Å². The maximum Gasteiger partial charge on any atom is 0.261 e. The van der Waals surface area contributed by atoms with E-state index in [0.717, 1.165) is 0 Å². The summed E-state index contributed by atoms with van der Waals surface area (Å²) < 4.78 is 27.6. The molecule has 0 unspecified atom stereocenters. The Morgan fingerprint density at radius 3 is 2.69 bits per heavy atom. The highest BCUT2D eigenvalue weighted by Gasteiger charge is 2.06. The third kappa shape index (κ3) is 7.61. The summed E-state index contributed by atoms with van der Waals surface area (Å²) in [6.07, 6.45) is -2.47. The number of amides is 1. The van der Waals surface area contributed by atoms with Gasteiger partial charge in [0.1, 0.15) is 6.61 Å². The molecule has 78 valence electrons. The smallest absolute Gasteiger partial charge is 0.261 e. The third-order valence-corrected chi connectivity index (χ3v) is 1.20. The SMILES string of the molecule is C[C@@H](N)C(=O)NCCOCC(F)F. The third-order valence-electron chi connectivity index (χ3n) is 1.20. The normalized spacial score (nSPS) is 13.0. The first-order valence-corrected chi connectivity index (χ1v) is 3.93. The quantitative estimate of drug-likeness (QED) is 0.575.